The Bertz CT molecular complexity index is 954. The fraction of sp³-hybridized carbons (Fsp3) is 0.316. The summed E-state index contributed by atoms with van der Waals surface area (Å²) < 4.78 is 21.0. The fourth-order valence-corrected chi connectivity index (χ4v) is 3.64. The number of nitrogens with one attached hydrogen (secondary N) is 1. The number of dihydropyridines is 1. The number of carbonyl (C=O) groups is 3. The van der Waals surface area contributed by atoms with Crippen LogP contribution in [0, 0.1) is 0 Å². The summed E-state index contributed by atoms with van der Waals surface area (Å²) in [6.45, 7) is 2.85. The normalized spacial score (nSPS) is 15.9. The van der Waals surface area contributed by atoms with E-state index in [0.29, 0.717) is 0 Å². The number of carboxylic acids is 2. The molecule has 2 heterocycles. The molecule has 0 spiro atoms. The Morgan fingerprint density at radius 2 is 1.66 bits per heavy atom. The Hall–Kier alpha value is -3.69. The van der Waals surface area contributed by atoms with Crippen molar-refractivity contribution in [2.24, 2.45) is 0 Å². The van der Waals surface area contributed by atoms with Crippen LogP contribution >= 0.6 is 0 Å². The van der Waals surface area contributed by atoms with E-state index in [1.54, 1.807) is 0 Å². The van der Waals surface area contributed by atoms with E-state index in [1.165, 1.54) is 27.0 Å². The monoisotopic (exact) mass is 405 g/mol. The van der Waals surface area contributed by atoms with Gasteiger partial charge in [0, 0.05) is 23.0 Å². The summed E-state index contributed by atoms with van der Waals surface area (Å²) in [6.07, 6.45) is 0. The van der Waals surface area contributed by atoms with Crippen LogP contribution in [0.1, 0.15) is 35.7 Å². The topological polar surface area (TPSA) is 141 Å². The number of fused-ring (bicyclic) bond motifs is 1. The minimum absolute atomic E-state index is 0.0126. The molecule has 0 aromatic heterocycles. The van der Waals surface area contributed by atoms with Crippen LogP contribution in [-0.2, 0) is 14.3 Å². The Morgan fingerprint density at radius 1 is 1.07 bits per heavy atom. The van der Waals surface area contributed by atoms with Gasteiger partial charge in [-0.2, -0.15) is 0 Å². The van der Waals surface area contributed by atoms with Gasteiger partial charge in [-0.1, -0.05) is 0 Å². The van der Waals surface area contributed by atoms with Crippen molar-refractivity contribution in [1.82, 2.24) is 5.32 Å². The maximum atomic E-state index is 12.7. The zero-order valence-electron chi connectivity index (χ0n) is 16.1. The maximum Gasteiger partial charge on any atom is 0.342 e. The highest BCUT2D eigenvalue weighted by atomic mass is 16.7. The van der Waals surface area contributed by atoms with Gasteiger partial charge in [0.25, 0.3) is 0 Å². The molecule has 2 aliphatic rings. The van der Waals surface area contributed by atoms with Gasteiger partial charge in [-0.05, 0) is 13.8 Å². The van der Waals surface area contributed by atoms with E-state index in [1.807, 2.05) is 0 Å². The molecule has 0 fully saturated rings. The van der Waals surface area contributed by atoms with Gasteiger partial charge in [0.15, 0.2) is 11.5 Å². The first-order chi connectivity index (χ1) is 13.7. The summed E-state index contributed by atoms with van der Waals surface area (Å²) in [5.74, 6) is -4.55. The average molecular weight is 405 g/mol. The lowest BCUT2D eigenvalue weighted by Gasteiger charge is -2.30. The summed E-state index contributed by atoms with van der Waals surface area (Å²) in [5.41, 5.74) is -0.144. The Balaban J connectivity index is 2.45. The lowest BCUT2D eigenvalue weighted by atomic mass is 9.78. The second-order valence-electron chi connectivity index (χ2n) is 6.34. The number of esters is 1. The van der Waals surface area contributed by atoms with E-state index in [0.717, 1.165) is 7.11 Å². The first-order valence-electron chi connectivity index (χ1n) is 8.46. The van der Waals surface area contributed by atoms with Crippen molar-refractivity contribution in [3.63, 3.8) is 0 Å². The molecule has 154 valence electrons. The van der Waals surface area contributed by atoms with Crippen LogP contribution in [0.25, 0.3) is 0 Å². The van der Waals surface area contributed by atoms with Gasteiger partial charge in [0.2, 0.25) is 6.79 Å². The highest BCUT2D eigenvalue weighted by Crippen LogP contribution is 2.50. The number of hydrogen-bond acceptors (Lipinski definition) is 8. The van der Waals surface area contributed by atoms with Crippen LogP contribution in [0.2, 0.25) is 0 Å². The molecular formula is C19H19NO9. The van der Waals surface area contributed by atoms with Crippen molar-refractivity contribution in [1.29, 1.82) is 0 Å². The van der Waals surface area contributed by atoms with Gasteiger partial charge in [-0.25, -0.2) is 14.4 Å². The third kappa shape index (κ3) is 3.12. The quantitative estimate of drug-likeness (QED) is 0.619. The lowest BCUT2D eigenvalue weighted by molar-refractivity contribution is -0.133. The molecule has 0 unspecified atom stereocenters. The van der Waals surface area contributed by atoms with Crippen LogP contribution < -0.4 is 19.5 Å². The van der Waals surface area contributed by atoms with Crippen LogP contribution in [0.4, 0.5) is 0 Å². The lowest BCUT2D eigenvalue weighted by Crippen LogP contribution is -2.32. The maximum absolute atomic E-state index is 12.7. The van der Waals surface area contributed by atoms with Crippen LogP contribution in [0.3, 0.4) is 0 Å². The summed E-state index contributed by atoms with van der Waals surface area (Å²) in [6, 6.07) is 1.43. The molecule has 3 rings (SSSR count). The molecule has 1 aromatic rings. The number of ether oxygens (including phenoxy) is 4. The van der Waals surface area contributed by atoms with Gasteiger partial charge in [-0.3, -0.25) is 0 Å². The van der Waals surface area contributed by atoms with E-state index >= 15 is 0 Å². The number of methoxy groups -OCH3 is 2. The zero-order valence-corrected chi connectivity index (χ0v) is 16.1. The second kappa shape index (κ2) is 7.38. The van der Waals surface area contributed by atoms with Gasteiger partial charge in [0.1, 0.15) is 11.3 Å². The number of hydrogen-bond donors (Lipinski definition) is 3. The summed E-state index contributed by atoms with van der Waals surface area (Å²) in [4.78, 5) is 36.8. The van der Waals surface area contributed by atoms with E-state index in [9.17, 15) is 24.6 Å². The number of rotatable bonds is 5. The molecule has 10 heteroatoms. The molecule has 0 bridgehead atoms. The van der Waals surface area contributed by atoms with Gasteiger partial charge < -0.3 is 34.5 Å². The summed E-state index contributed by atoms with van der Waals surface area (Å²) in [7, 11) is 2.46. The molecule has 10 nitrogen and oxygen atoms in total. The minimum atomic E-state index is -1.35. The van der Waals surface area contributed by atoms with Crippen molar-refractivity contribution in [3.8, 4) is 17.2 Å². The molecule has 0 amide bonds. The number of aliphatic carboxylic acids is 2. The SMILES string of the molecule is COC(=O)c1c2c(cc(OC)c1C1C(C(=O)O)=C(C)NC(C)=C1C(=O)O)OCO2. The van der Waals surface area contributed by atoms with Crippen LogP contribution in [0.5, 0.6) is 17.2 Å². The van der Waals surface area contributed by atoms with Crippen molar-refractivity contribution in [2.45, 2.75) is 19.8 Å². The van der Waals surface area contributed by atoms with Gasteiger partial charge in [0.05, 0.1) is 31.3 Å². The van der Waals surface area contributed by atoms with E-state index in [-0.39, 0.29) is 57.7 Å². The van der Waals surface area contributed by atoms with Crippen LogP contribution in [-0.4, -0.2) is 49.1 Å². The van der Waals surface area contributed by atoms with E-state index in [4.69, 9.17) is 18.9 Å². The summed E-state index contributed by atoms with van der Waals surface area (Å²) >= 11 is 0. The molecule has 0 saturated carbocycles. The number of carboxylic acid groups (broad SMARTS) is 2. The minimum Gasteiger partial charge on any atom is -0.496 e. The second-order valence-corrected chi connectivity index (χ2v) is 6.34. The first kappa shape index (κ1) is 20.1. The molecule has 3 N–H and O–H groups in total. The number of benzene rings is 1. The molecule has 0 aliphatic carbocycles. The smallest absolute Gasteiger partial charge is 0.342 e. The standard InChI is InChI=1S/C19H19NO9/c1-7-11(17(21)22)14(12(18(23)24)8(2)20-7)13-9(26-3)5-10-16(29-6-28-10)15(13)19(25)27-4/h5,14,20H,6H2,1-4H3,(H,21,22)(H,23,24). The van der Waals surface area contributed by atoms with Crippen LogP contribution in [0.15, 0.2) is 28.6 Å². The molecule has 2 aliphatic heterocycles. The third-order valence-electron chi connectivity index (χ3n) is 4.78. The fourth-order valence-electron chi connectivity index (χ4n) is 3.64. The molecule has 0 radical (unpaired) electrons. The Labute approximate surface area is 165 Å². The summed E-state index contributed by atoms with van der Waals surface area (Å²) in [5, 5.41) is 22.5. The average Bonchev–Trinajstić information content (AvgIpc) is 3.12. The van der Waals surface area contributed by atoms with Crippen molar-refractivity contribution < 1.29 is 43.5 Å². The molecular weight excluding hydrogens is 386 g/mol. The number of allylic oxidation sites excluding steroid dienone is 2. The highest BCUT2D eigenvalue weighted by Gasteiger charge is 2.43. The molecule has 29 heavy (non-hydrogen) atoms. The van der Waals surface area contributed by atoms with Crippen molar-refractivity contribution in [2.75, 3.05) is 21.0 Å². The van der Waals surface area contributed by atoms with E-state index < -0.39 is 23.8 Å². The van der Waals surface area contributed by atoms with E-state index in [2.05, 4.69) is 5.32 Å². The predicted molar refractivity (Wildman–Crippen MR) is 97.0 cm³/mol. The first-order valence-corrected chi connectivity index (χ1v) is 8.46. The zero-order chi connectivity index (χ0) is 21.5. The van der Waals surface area contributed by atoms with Crippen molar-refractivity contribution >= 4 is 17.9 Å². The Morgan fingerprint density at radius 3 is 2.14 bits per heavy atom. The predicted octanol–water partition coefficient (Wildman–Crippen LogP) is 1.61. The largest absolute Gasteiger partial charge is 0.496 e. The molecule has 1 aromatic carbocycles. The molecule has 0 atom stereocenters. The highest BCUT2D eigenvalue weighted by molar-refractivity contribution is 6.03. The van der Waals surface area contributed by atoms with Gasteiger partial charge in [-0.15, -0.1) is 0 Å². The number of carbonyl (C=O) groups excluding carboxylic acids is 1. The Kier molecular flexibility index (Phi) is 5.10. The van der Waals surface area contributed by atoms with Crippen molar-refractivity contribution in [3.05, 3.63) is 39.7 Å². The third-order valence-corrected chi connectivity index (χ3v) is 4.78. The van der Waals surface area contributed by atoms with Gasteiger partial charge >= 0.3 is 17.9 Å². The molecule has 0 saturated heterocycles.